The summed E-state index contributed by atoms with van der Waals surface area (Å²) < 4.78 is 1.94. The molecule has 0 spiro atoms. The van der Waals surface area contributed by atoms with E-state index in [4.69, 9.17) is 28.2 Å². The third-order valence-electron chi connectivity index (χ3n) is 4.52. The molecule has 0 fully saturated rings. The van der Waals surface area contributed by atoms with Crippen molar-refractivity contribution in [2.75, 3.05) is 0 Å². The minimum Gasteiger partial charge on any atom is -0.336 e. The first-order chi connectivity index (χ1) is 12.8. The Morgan fingerprint density at radius 1 is 1.07 bits per heavy atom. The molecule has 0 saturated carbocycles. The van der Waals surface area contributed by atoms with Gasteiger partial charge in [0.25, 0.3) is 0 Å². The van der Waals surface area contributed by atoms with Gasteiger partial charge in [-0.25, -0.2) is 4.98 Å². The molecule has 6 heteroatoms. The van der Waals surface area contributed by atoms with Crippen LogP contribution in [-0.4, -0.2) is 32.4 Å². The van der Waals surface area contributed by atoms with Gasteiger partial charge in [-0.2, -0.15) is 0 Å². The van der Waals surface area contributed by atoms with Crippen molar-refractivity contribution in [2.45, 2.75) is 46.3 Å². The lowest BCUT2D eigenvalue weighted by Crippen LogP contribution is -2.43. The number of amides is 1. The zero-order valence-corrected chi connectivity index (χ0v) is 17.4. The van der Waals surface area contributed by atoms with Gasteiger partial charge in [-0.05, 0) is 58.0 Å². The van der Waals surface area contributed by atoms with Crippen LogP contribution in [0.5, 0.6) is 0 Å². The van der Waals surface area contributed by atoms with Crippen molar-refractivity contribution in [1.82, 2.24) is 14.5 Å². The lowest BCUT2D eigenvalue weighted by atomic mass is 10.2. The van der Waals surface area contributed by atoms with E-state index in [-0.39, 0.29) is 24.5 Å². The highest BCUT2D eigenvalue weighted by atomic mass is 35.5. The predicted molar refractivity (Wildman–Crippen MR) is 112 cm³/mol. The summed E-state index contributed by atoms with van der Waals surface area (Å²) in [6.45, 7) is 8.31. The van der Waals surface area contributed by atoms with Crippen LogP contribution in [0.2, 0.25) is 10.0 Å². The molecule has 1 aromatic heterocycles. The lowest BCUT2D eigenvalue weighted by molar-refractivity contribution is -0.135. The van der Waals surface area contributed by atoms with E-state index >= 15 is 0 Å². The van der Waals surface area contributed by atoms with E-state index in [0.29, 0.717) is 15.9 Å². The number of rotatable bonds is 5. The van der Waals surface area contributed by atoms with Gasteiger partial charge in [0, 0.05) is 22.7 Å². The van der Waals surface area contributed by atoms with Crippen molar-refractivity contribution in [3.05, 3.63) is 52.5 Å². The topological polar surface area (TPSA) is 38.1 Å². The summed E-state index contributed by atoms with van der Waals surface area (Å²) in [5, 5.41) is 1.07. The van der Waals surface area contributed by atoms with Crippen molar-refractivity contribution < 1.29 is 4.79 Å². The molecule has 0 radical (unpaired) electrons. The Morgan fingerprint density at radius 2 is 1.74 bits per heavy atom. The van der Waals surface area contributed by atoms with E-state index in [1.54, 1.807) is 12.1 Å². The fourth-order valence-corrected chi connectivity index (χ4v) is 3.99. The molecule has 0 unspecified atom stereocenters. The minimum atomic E-state index is 0.0505. The molecular formula is C21H23Cl2N3O. The zero-order valence-electron chi connectivity index (χ0n) is 15.9. The highest BCUT2D eigenvalue weighted by Crippen LogP contribution is 2.32. The minimum absolute atomic E-state index is 0.0505. The Kier molecular flexibility index (Phi) is 5.78. The number of aromatic nitrogens is 2. The fraction of sp³-hybridized carbons (Fsp3) is 0.333. The summed E-state index contributed by atoms with van der Waals surface area (Å²) in [5.41, 5.74) is 2.48. The van der Waals surface area contributed by atoms with E-state index in [2.05, 4.69) is 0 Å². The van der Waals surface area contributed by atoms with E-state index in [1.807, 2.05) is 67.5 Å². The molecule has 4 nitrogen and oxygen atoms in total. The van der Waals surface area contributed by atoms with Gasteiger partial charge in [-0.15, -0.1) is 0 Å². The first-order valence-corrected chi connectivity index (χ1v) is 9.77. The second kappa shape index (κ2) is 7.91. The maximum atomic E-state index is 13.1. The predicted octanol–water partition coefficient (Wildman–Crippen LogP) is 5.66. The Morgan fingerprint density at radius 3 is 2.37 bits per heavy atom. The Hall–Kier alpha value is -2.04. The third-order valence-corrected chi connectivity index (χ3v) is 5.07. The lowest BCUT2D eigenvalue weighted by Gasteiger charge is -2.31. The van der Waals surface area contributed by atoms with E-state index in [1.165, 1.54) is 0 Å². The molecule has 0 aliphatic heterocycles. The third kappa shape index (κ3) is 3.97. The van der Waals surface area contributed by atoms with Crippen LogP contribution < -0.4 is 0 Å². The zero-order chi connectivity index (χ0) is 19.7. The second-order valence-corrected chi connectivity index (χ2v) is 7.97. The molecule has 2 aromatic carbocycles. The second-order valence-electron chi connectivity index (χ2n) is 7.12. The van der Waals surface area contributed by atoms with Gasteiger partial charge in [0.15, 0.2) is 0 Å². The number of benzene rings is 2. The number of hydrogen-bond donors (Lipinski definition) is 0. The number of hydrogen-bond acceptors (Lipinski definition) is 2. The van der Waals surface area contributed by atoms with Crippen molar-refractivity contribution in [3.63, 3.8) is 0 Å². The van der Waals surface area contributed by atoms with Crippen LogP contribution in [0.15, 0.2) is 42.5 Å². The SMILES string of the molecule is CC(C)N(C(=O)Cn1c(-c2ccc(Cl)cc2Cl)nc2ccccc21)C(C)C. The largest absolute Gasteiger partial charge is 0.336 e. The van der Waals surface area contributed by atoms with Gasteiger partial charge in [0.2, 0.25) is 5.91 Å². The summed E-state index contributed by atoms with van der Waals surface area (Å²) in [6.07, 6.45) is 0. The van der Waals surface area contributed by atoms with Crippen molar-refractivity contribution in [3.8, 4) is 11.4 Å². The smallest absolute Gasteiger partial charge is 0.243 e. The number of carbonyl (C=O) groups excluding carboxylic acids is 1. The van der Waals surface area contributed by atoms with Gasteiger partial charge in [-0.3, -0.25) is 4.79 Å². The molecule has 0 aliphatic carbocycles. The summed E-state index contributed by atoms with van der Waals surface area (Å²) in [6, 6.07) is 13.3. The quantitative estimate of drug-likeness (QED) is 0.551. The average molecular weight is 404 g/mol. The van der Waals surface area contributed by atoms with Crippen molar-refractivity contribution in [2.24, 2.45) is 0 Å². The molecule has 3 aromatic rings. The molecule has 0 N–H and O–H groups in total. The van der Waals surface area contributed by atoms with Crippen LogP contribution in [-0.2, 0) is 11.3 Å². The number of para-hydroxylation sites is 2. The first kappa shape index (κ1) is 19.7. The fourth-order valence-electron chi connectivity index (χ4n) is 3.50. The summed E-state index contributed by atoms with van der Waals surface area (Å²) in [5.74, 6) is 0.716. The Balaban J connectivity index is 2.12. The molecule has 1 heterocycles. The van der Waals surface area contributed by atoms with Gasteiger partial charge in [0.05, 0.1) is 16.1 Å². The number of carbonyl (C=O) groups is 1. The molecule has 0 atom stereocenters. The van der Waals surface area contributed by atoms with Gasteiger partial charge < -0.3 is 9.47 Å². The Labute approximate surface area is 169 Å². The van der Waals surface area contributed by atoms with Crippen LogP contribution in [0.4, 0.5) is 0 Å². The molecule has 142 valence electrons. The Bertz CT molecular complexity index is 971. The van der Waals surface area contributed by atoms with Crippen LogP contribution in [0.1, 0.15) is 27.7 Å². The summed E-state index contributed by atoms with van der Waals surface area (Å²) in [7, 11) is 0. The molecule has 27 heavy (non-hydrogen) atoms. The highest BCUT2D eigenvalue weighted by molar-refractivity contribution is 6.36. The summed E-state index contributed by atoms with van der Waals surface area (Å²) in [4.78, 5) is 19.7. The van der Waals surface area contributed by atoms with E-state index in [0.717, 1.165) is 16.6 Å². The van der Waals surface area contributed by atoms with Crippen LogP contribution >= 0.6 is 23.2 Å². The van der Waals surface area contributed by atoms with Crippen LogP contribution in [0.25, 0.3) is 22.4 Å². The van der Waals surface area contributed by atoms with Gasteiger partial charge in [0.1, 0.15) is 12.4 Å². The summed E-state index contributed by atoms with van der Waals surface area (Å²) >= 11 is 12.5. The van der Waals surface area contributed by atoms with Crippen molar-refractivity contribution >= 4 is 40.1 Å². The van der Waals surface area contributed by atoms with Gasteiger partial charge >= 0.3 is 0 Å². The molecule has 1 amide bonds. The molecular weight excluding hydrogens is 381 g/mol. The highest BCUT2D eigenvalue weighted by Gasteiger charge is 2.23. The van der Waals surface area contributed by atoms with Crippen LogP contribution in [0, 0.1) is 0 Å². The number of halogens is 2. The van der Waals surface area contributed by atoms with Gasteiger partial charge in [-0.1, -0.05) is 35.3 Å². The molecule has 0 bridgehead atoms. The number of imidazole rings is 1. The van der Waals surface area contributed by atoms with E-state index in [9.17, 15) is 4.79 Å². The average Bonchev–Trinajstić information content (AvgIpc) is 2.92. The molecule has 0 saturated heterocycles. The number of nitrogens with zero attached hydrogens (tertiary/aromatic N) is 3. The maximum absolute atomic E-state index is 13.1. The maximum Gasteiger partial charge on any atom is 0.243 e. The molecule has 0 aliphatic rings. The normalized spacial score (nSPS) is 11.6. The monoisotopic (exact) mass is 403 g/mol. The standard InChI is InChI=1S/C21H23Cl2N3O/c1-13(2)26(14(3)4)20(27)12-25-19-8-6-5-7-18(19)24-21(25)16-10-9-15(22)11-17(16)23/h5-11,13-14H,12H2,1-4H3. The molecule has 3 rings (SSSR count). The van der Waals surface area contributed by atoms with Crippen molar-refractivity contribution in [1.29, 1.82) is 0 Å². The van der Waals surface area contributed by atoms with E-state index < -0.39 is 0 Å². The first-order valence-electron chi connectivity index (χ1n) is 9.01. The number of fused-ring (bicyclic) bond motifs is 1. The van der Waals surface area contributed by atoms with Crippen LogP contribution in [0.3, 0.4) is 0 Å².